The minimum atomic E-state index is -0.0381. The first-order valence-electron chi connectivity index (χ1n) is 5.91. The number of ether oxygens (including phenoxy) is 1. The molecule has 1 unspecified atom stereocenters. The van der Waals surface area contributed by atoms with Crippen molar-refractivity contribution in [2.45, 2.75) is 45.8 Å². The zero-order valence-electron chi connectivity index (χ0n) is 10.8. The van der Waals surface area contributed by atoms with Crippen LogP contribution in [0.5, 0.6) is 0 Å². The van der Waals surface area contributed by atoms with Crippen LogP contribution in [0.3, 0.4) is 0 Å². The lowest BCUT2D eigenvalue weighted by Crippen LogP contribution is -2.62. The maximum atomic E-state index is 5.94. The number of hydrogen-bond donors (Lipinski definition) is 1. The van der Waals surface area contributed by atoms with Crippen LogP contribution < -0.4 is 5.73 Å². The Kier molecular flexibility index (Phi) is 3.80. The molecule has 0 amide bonds. The van der Waals surface area contributed by atoms with E-state index in [-0.39, 0.29) is 11.1 Å². The van der Waals surface area contributed by atoms with Crippen molar-refractivity contribution in [1.82, 2.24) is 4.90 Å². The molecule has 1 aliphatic rings. The molecule has 0 aromatic heterocycles. The summed E-state index contributed by atoms with van der Waals surface area (Å²) in [5.74, 6) is 0.566. The van der Waals surface area contributed by atoms with Gasteiger partial charge in [-0.05, 0) is 26.7 Å². The summed E-state index contributed by atoms with van der Waals surface area (Å²) < 4.78 is 5.73. The van der Waals surface area contributed by atoms with E-state index in [4.69, 9.17) is 10.5 Å². The van der Waals surface area contributed by atoms with Gasteiger partial charge in [0.1, 0.15) is 0 Å². The summed E-state index contributed by atoms with van der Waals surface area (Å²) in [6.45, 7) is 14.5. The second kappa shape index (κ2) is 4.40. The Morgan fingerprint density at radius 2 is 2.07 bits per heavy atom. The summed E-state index contributed by atoms with van der Waals surface area (Å²) in [7, 11) is 0. The predicted molar refractivity (Wildman–Crippen MR) is 63.9 cm³/mol. The summed E-state index contributed by atoms with van der Waals surface area (Å²) in [5.41, 5.74) is 6.01. The molecule has 3 heteroatoms. The highest BCUT2D eigenvalue weighted by Gasteiger charge is 2.39. The minimum Gasteiger partial charge on any atom is -0.373 e. The van der Waals surface area contributed by atoms with Gasteiger partial charge < -0.3 is 10.5 Å². The first kappa shape index (κ1) is 12.9. The van der Waals surface area contributed by atoms with Crippen LogP contribution in [-0.2, 0) is 4.74 Å². The van der Waals surface area contributed by atoms with E-state index in [1.54, 1.807) is 0 Å². The van der Waals surface area contributed by atoms with E-state index in [9.17, 15) is 0 Å². The number of rotatable bonds is 3. The second-order valence-electron chi connectivity index (χ2n) is 5.75. The molecule has 0 aromatic carbocycles. The van der Waals surface area contributed by atoms with Gasteiger partial charge in [-0.3, -0.25) is 4.90 Å². The summed E-state index contributed by atoms with van der Waals surface area (Å²) in [5, 5.41) is 0. The van der Waals surface area contributed by atoms with Crippen molar-refractivity contribution >= 4 is 0 Å². The van der Waals surface area contributed by atoms with E-state index in [2.05, 4.69) is 39.5 Å². The van der Waals surface area contributed by atoms with Gasteiger partial charge in [0.05, 0.1) is 12.2 Å². The lowest BCUT2D eigenvalue weighted by molar-refractivity contribution is -0.120. The molecule has 1 rings (SSSR count). The summed E-state index contributed by atoms with van der Waals surface area (Å²) in [4.78, 5) is 2.49. The highest BCUT2D eigenvalue weighted by molar-refractivity contribution is 4.94. The van der Waals surface area contributed by atoms with Crippen LogP contribution in [0.15, 0.2) is 0 Å². The first-order valence-corrected chi connectivity index (χ1v) is 5.91. The molecule has 90 valence electrons. The van der Waals surface area contributed by atoms with E-state index in [1.165, 1.54) is 0 Å². The third kappa shape index (κ3) is 2.71. The average Bonchev–Trinajstić information content (AvgIpc) is 2.14. The fourth-order valence-electron chi connectivity index (χ4n) is 2.18. The third-order valence-corrected chi connectivity index (χ3v) is 3.81. The number of morpholine rings is 1. The van der Waals surface area contributed by atoms with Crippen LogP contribution in [0, 0.1) is 5.92 Å². The lowest BCUT2D eigenvalue weighted by Gasteiger charge is -2.49. The van der Waals surface area contributed by atoms with Crippen molar-refractivity contribution in [2.24, 2.45) is 11.7 Å². The van der Waals surface area contributed by atoms with Crippen LogP contribution in [0.25, 0.3) is 0 Å². The van der Waals surface area contributed by atoms with Gasteiger partial charge in [-0.1, -0.05) is 13.8 Å². The molecule has 0 saturated carbocycles. The van der Waals surface area contributed by atoms with Gasteiger partial charge in [0.2, 0.25) is 0 Å². The van der Waals surface area contributed by atoms with E-state index in [0.717, 1.165) is 19.7 Å². The molecule has 0 aromatic rings. The third-order valence-electron chi connectivity index (χ3n) is 3.81. The zero-order chi connectivity index (χ0) is 11.7. The first-order chi connectivity index (χ1) is 6.82. The molecule has 3 nitrogen and oxygen atoms in total. The maximum absolute atomic E-state index is 5.94. The van der Waals surface area contributed by atoms with Crippen LogP contribution >= 0.6 is 0 Å². The molecule has 2 N–H and O–H groups in total. The smallest absolute Gasteiger partial charge is 0.0753 e. The second-order valence-corrected chi connectivity index (χ2v) is 5.75. The van der Waals surface area contributed by atoms with Gasteiger partial charge in [-0.2, -0.15) is 0 Å². The topological polar surface area (TPSA) is 38.5 Å². The fraction of sp³-hybridized carbons (Fsp3) is 1.00. The van der Waals surface area contributed by atoms with Crippen molar-refractivity contribution in [2.75, 3.05) is 26.2 Å². The van der Waals surface area contributed by atoms with Crippen molar-refractivity contribution in [3.8, 4) is 0 Å². The standard InChI is InChI=1S/C12H26N2O/c1-10(2)12(5,8-13)14-6-7-15-11(3,4)9-14/h10H,6-9,13H2,1-5H3. The highest BCUT2D eigenvalue weighted by Crippen LogP contribution is 2.28. The predicted octanol–water partition coefficient (Wildman–Crippen LogP) is 1.47. The van der Waals surface area contributed by atoms with Gasteiger partial charge >= 0.3 is 0 Å². The molecule has 1 aliphatic heterocycles. The van der Waals surface area contributed by atoms with Crippen LogP contribution in [0.2, 0.25) is 0 Å². The average molecular weight is 214 g/mol. The molecular formula is C12H26N2O. The van der Waals surface area contributed by atoms with E-state index >= 15 is 0 Å². The van der Waals surface area contributed by atoms with Crippen molar-refractivity contribution in [3.05, 3.63) is 0 Å². The highest BCUT2D eigenvalue weighted by atomic mass is 16.5. The Morgan fingerprint density at radius 3 is 2.47 bits per heavy atom. The van der Waals surface area contributed by atoms with Crippen LogP contribution in [0.1, 0.15) is 34.6 Å². The molecule has 1 heterocycles. The van der Waals surface area contributed by atoms with Gasteiger partial charge in [-0.15, -0.1) is 0 Å². The van der Waals surface area contributed by atoms with Crippen LogP contribution in [0.4, 0.5) is 0 Å². The summed E-state index contributed by atoms with van der Waals surface area (Å²) >= 11 is 0. The Bertz CT molecular complexity index is 216. The normalized spacial score (nSPS) is 26.6. The number of nitrogens with two attached hydrogens (primary N) is 1. The minimum absolute atomic E-state index is 0.0381. The van der Waals surface area contributed by atoms with E-state index in [0.29, 0.717) is 12.5 Å². The van der Waals surface area contributed by atoms with Crippen molar-refractivity contribution < 1.29 is 4.74 Å². The molecular weight excluding hydrogens is 188 g/mol. The fourth-order valence-corrected chi connectivity index (χ4v) is 2.18. The number of nitrogens with zero attached hydrogens (tertiary/aromatic N) is 1. The zero-order valence-corrected chi connectivity index (χ0v) is 10.8. The van der Waals surface area contributed by atoms with Gasteiger partial charge in [0, 0.05) is 25.2 Å². The molecule has 0 radical (unpaired) electrons. The molecule has 15 heavy (non-hydrogen) atoms. The van der Waals surface area contributed by atoms with Crippen molar-refractivity contribution in [3.63, 3.8) is 0 Å². The van der Waals surface area contributed by atoms with E-state index < -0.39 is 0 Å². The van der Waals surface area contributed by atoms with Gasteiger partial charge in [0.25, 0.3) is 0 Å². The molecule has 1 atom stereocenters. The Morgan fingerprint density at radius 1 is 1.47 bits per heavy atom. The quantitative estimate of drug-likeness (QED) is 0.773. The largest absolute Gasteiger partial charge is 0.373 e. The molecule has 0 aliphatic carbocycles. The van der Waals surface area contributed by atoms with Gasteiger partial charge in [0.15, 0.2) is 0 Å². The SMILES string of the molecule is CC(C)C(C)(CN)N1CCOC(C)(C)C1. The number of hydrogen-bond acceptors (Lipinski definition) is 3. The maximum Gasteiger partial charge on any atom is 0.0753 e. The Balaban J connectivity index is 2.77. The van der Waals surface area contributed by atoms with Gasteiger partial charge in [-0.25, -0.2) is 0 Å². The van der Waals surface area contributed by atoms with Crippen molar-refractivity contribution in [1.29, 1.82) is 0 Å². The Hall–Kier alpha value is -0.120. The molecule has 0 spiro atoms. The van der Waals surface area contributed by atoms with Crippen LogP contribution in [-0.4, -0.2) is 42.3 Å². The van der Waals surface area contributed by atoms with E-state index in [1.807, 2.05) is 0 Å². The molecule has 0 bridgehead atoms. The lowest BCUT2D eigenvalue weighted by atomic mass is 9.85. The summed E-state index contributed by atoms with van der Waals surface area (Å²) in [6.07, 6.45) is 0. The molecule has 1 fully saturated rings. The summed E-state index contributed by atoms with van der Waals surface area (Å²) in [6, 6.07) is 0. The Labute approximate surface area is 94.0 Å². The monoisotopic (exact) mass is 214 g/mol. The molecule has 1 saturated heterocycles.